The van der Waals surface area contributed by atoms with Crippen molar-refractivity contribution in [2.24, 2.45) is 5.92 Å². The highest BCUT2D eigenvalue weighted by Gasteiger charge is 2.33. The molecule has 0 radical (unpaired) electrons. The van der Waals surface area contributed by atoms with Crippen molar-refractivity contribution in [2.75, 3.05) is 20.2 Å². The van der Waals surface area contributed by atoms with E-state index < -0.39 is 18.0 Å². The molecule has 1 aromatic carbocycles. The third kappa shape index (κ3) is 4.10. The molecule has 2 fully saturated rings. The number of hydrogen-bond donors (Lipinski definition) is 2. The van der Waals surface area contributed by atoms with Gasteiger partial charge in [0.1, 0.15) is 11.8 Å². The standard InChI is InChI=1S/C18H23N3O4/c1-25-15-5-3-2-4-13(15)10-12-6-8-21(9-7-12)16(22)11-14-17(23)20-18(24)19-14/h2-5,12,14H,6-11H2,1H3,(H2,19,20,23,24)/t14-/m0/s1. The Bertz CT molecular complexity index is 668. The zero-order chi connectivity index (χ0) is 17.8. The molecule has 4 amide bonds. The molecule has 7 heteroatoms. The zero-order valence-corrected chi connectivity index (χ0v) is 14.3. The lowest BCUT2D eigenvalue weighted by Crippen LogP contribution is -2.42. The summed E-state index contributed by atoms with van der Waals surface area (Å²) in [5.41, 5.74) is 1.19. The Kier molecular flexibility index (Phi) is 5.21. The number of rotatable bonds is 5. The lowest BCUT2D eigenvalue weighted by molar-refractivity contribution is -0.135. The molecule has 0 bridgehead atoms. The third-order valence-electron chi connectivity index (χ3n) is 4.91. The highest BCUT2D eigenvalue weighted by atomic mass is 16.5. The summed E-state index contributed by atoms with van der Waals surface area (Å²) in [6, 6.07) is 6.75. The number of ether oxygens (including phenoxy) is 1. The summed E-state index contributed by atoms with van der Waals surface area (Å²) in [4.78, 5) is 36.8. The van der Waals surface area contributed by atoms with Crippen molar-refractivity contribution in [1.29, 1.82) is 0 Å². The summed E-state index contributed by atoms with van der Waals surface area (Å²) in [6.45, 7) is 1.36. The van der Waals surface area contributed by atoms with Crippen molar-refractivity contribution in [3.05, 3.63) is 29.8 Å². The van der Waals surface area contributed by atoms with Crippen molar-refractivity contribution in [3.63, 3.8) is 0 Å². The van der Waals surface area contributed by atoms with Crippen LogP contribution in [0.4, 0.5) is 4.79 Å². The molecular weight excluding hydrogens is 322 g/mol. The molecule has 7 nitrogen and oxygen atoms in total. The number of likely N-dealkylation sites (tertiary alicyclic amines) is 1. The van der Waals surface area contributed by atoms with Gasteiger partial charge in [0.2, 0.25) is 5.91 Å². The van der Waals surface area contributed by atoms with E-state index in [1.165, 1.54) is 5.56 Å². The van der Waals surface area contributed by atoms with Gasteiger partial charge < -0.3 is 15.0 Å². The number of nitrogens with zero attached hydrogens (tertiary/aromatic N) is 1. The van der Waals surface area contributed by atoms with Gasteiger partial charge in [0.05, 0.1) is 13.5 Å². The number of para-hydroxylation sites is 1. The molecule has 2 N–H and O–H groups in total. The van der Waals surface area contributed by atoms with E-state index in [0.29, 0.717) is 19.0 Å². The summed E-state index contributed by atoms with van der Waals surface area (Å²) in [7, 11) is 1.68. The predicted octanol–water partition coefficient (Wildman–Crippen LogP) is 1.07. The van der Waals surface area contributed by atoms with E-state index in [9.17, 15) is 14.4 Å². The number of hydrogen-bond acceptors (Lipinski definition) is 4. The van der Waals surface area contributed by atoms with Crippen LogP contribution in [0.25, 0.3) is 0 Å². The third-order valence-corrected chi connectivity index (χ3v) is 4.91. The number of urea groups is 1. The lowest BCUT2D eigenvalue weighted by atomic mass is 9.89. The van der Waals surface area contributed by atoms with Crippen LogP contribution in [0.15, 0.2) is 24.3 Å². The maximum atomic E-state index is 12.3. The topological polar surface area (TPSA) is 87.7 Å². The molecule has 0 saturated carbocycles. The smallest absolute Gasteiger partial charge is 0.322 e. The first-order valence-corrected chi connectivity index (χ1v) is 8.58. The van der Waals surface area contributed by atoms with Crippen LogP contribution in [0.2, 0.25) is 0 Å². The van der Waals surface area contributed by atoms with Crippen LogP contribution in [0.1, 0.15) is 24.8 Å². The van der Waals surface area contributed by atoms with Crippen molar-refractivity contribution in [2.45, 2.75) is 31.7 Å². The molecule has 0 spiro atoms. The first-order chi connectivity index (χ1) is 12.1. The fourth-order valence-electron chi connectivity index (χ4n) is 3.48. The van der Waals surface area contributed by atoms with Gasteiger partial charge in [0.25, 0.3) is 5.91 Å². The second-order valence-corrected chi connectivity index (χ2v) is 6.56. The zero-order valence-electron chi connectivity index (χ0n) is 14.3. The van der Waals surface area contributed by atoms with Gasteiger partial charge in [0, 0.05) is 13.1 Å². The number of piperidine rings is 1. The predicted molar refractivity (Wildman–Crippen MR) is 91.1 cm³/mol. The molecular formula is C18H23N3O4. The van der Waals surface area contributed by atoms with Gasteiger partial charge in [-0.2, -0.15) is 0 Å². The van der Waals surface area contributed by atoms with Gasteiger partial charge in [-0.25, -0.2) is 4.79 Å². The second kappa shape index (κ2) is 7.55. The first kappa shape index (κ1) is 17.3. The molecule has 0 aliphatic carbocycles. The van der Waals surface area contributed by atoms with E-state index in [1.54, 1.807) is 12.0 Å². The number of carbonyl (C=O) groups is 3. The molecule has 0 aromatic heterocycles. The fraction of sp³-hybridized carbons (Fsp3) is 0.500. The second-order valence-electron chi connectivity index (χ2n) is 6.56. The number of amides is 4. The van der Waals surface area contributed by atoms with E-state index in [2.05, 4.69) is 16.7 Å². The average molecular weight is 345 g/mol. The number of methoxy groups -OCH3 is 1. The first-order valence-electron chi connectivity index (χ1n) is 8.58. The molecule has 2 aliphatic heterocycles. The largest absolute Gasteiger partial charge is 0.496 e. The lowest BCUT2D eigenvalue weighted by Gasteiger charge is -2.32. The average Bonchev–Trinajstić information content (AvgIpc) is 2.93. The molecule has 2 saturated heterocycles. The van der Waals surface area contributed by atoms with Crippen LogP contribution in [0.3, 0.4) is 0 Å². The maximum absolute atomic E-state index is 12.3. The summed E-state index contributed by atoms with van der Waals surface area (Å²) < 4.78 is 5.40. The van der Waals surface area contributed by atoms with Gasteiger partial charge in [-0.3, -0.25) is 14.9 Å². The molecule has 25 heavy (non-hydrogen) atoms. The number of imide groups is 1. The van der Waals surface area contributed by atoms with Gasteiger partial charge in [0.15, 0.2) is 0 Å². The Balaban J connectivity index is 1.49. The van der Waals surface area contributed by atoms with E-state index in [-0.39, 0.29) is 12.3 Å². The molecule has 134 valence electrons. The Morgan fingerprint density at radius 3 is 2.60 bits per heavy atom. The summed E-state index contributed by atoms with van der Waals surface area (Å²) in [5.74, 6) is 0.904. The fourth-order valence-corrected chi connectivity index (χ4v) is 3.48. The van der Waals surface area contributed by atoms with E-state index in [4.69, 9.17) is 4.74 Å². The van der Waals surface area contributed by atoms with Crippen molar-refractivity contribution in [3.8, 4) is 5.75 Å². The molecule has 2 heterocycles. The normalized spacial score (nSPS) is 21.0. The summed E-state index contributed by atoms with van der Waals surface area (Å²) >= 11 is 0. The Morgan fingerprint density at radius 2 is 1.96 bits per heavy atom. The number of carbonyl (C=O) groups excluding carboxylic acids is 3. The Labute approximate surface area is 146 Å². The SMILES string of the molecule is COc1ccccc1CC1CCN(C(=O)C[C@@H]2NC(=O)NC2=O)CC1. The van der Waals surface area contributed by atoms with Gasteiger partial charge >= 0.3 is 6.03 Å². The minimum atomic E-state index is -0.744. The molecule has 3 rings (SSSR count). The summed E-state index contributed by atoms with van der Waals surface area (Å²) in [6.07, 6.45) is 2.81. The van der Waals surface area contributed by atoms with Crippen molar-refractivity contribution < 1.29 is 19.1 Å². The van der Waals surface area contributed by atoms with Crippen LogP contribution in [0.5, 0.6) is 5.75 Å². The monoisotopic (exact) mass is 345 g/mol. The highest BCUT2D eigenvalue weighted by molar-refractivity contribution is 6.05. The quantitative estimate of drug-likeness (QED) is 0.782. The van der Waals surface area contributed by atoms with Crippen LogP contribution in [-0.4, -0.2) is 49.0 Å². The Hall–Kier alpha value is -2.57. The summed E-state index contributed by atoms with van der Waals surface area (Å²) in [5, 5.41) is 4.62. The molecule has 1 aromatic rings. The van der Waals surface area contributed by atoms with E-state index in [1.807, 2.05) is 18.2 Å². The molecule has 2 aliphatic rings. The van der Waals surface area contributed by atoms with Crippen LogP contribution in [0, 0.1) is 5.92 Å². The van der Waals surface area contributed by atoms with Crippen LogP contribution >= 0.6 is 0 Å². The molecule has 0 unspecified atom stereocenters. The van der Waals surface area contributed by atoms with Gasteiger partial charge in [-0.05, 0) is 36.8 Å². The van der Waals surface area contributed by atoms with Crippen LogP contribution < -0.4 is 15.4 Å². The highest BCUT2D eigenvalue weighted by Crippen LogP contribution is 2.27. The van der Waals surface area contributed by atoms with Gasteiger partial charge in [-0.15, -0.1) is 0 Å². The Morgan fingerprint density at radius 1 is 1.24 bits per heavy atom. The van der Waals surface area contributed by atoms with Crippen LogP contribution in [-0.2, 0) is 16.0 Å². The van der Waals surface area contributed by atoms with Gasteiger partial charge in [-0.1, -0.05) is 18.2 Å². The van der Waals surface area contributed by atoms with E-state index in [0.717, 1.165) is 25.0 Å². The molecule has 1 atom stereocenters. The maximum Gasteiger partial charge on any atom is 0.322 e. The minimum Gasteiger partial charge on any atom is -0.496 e. The number of nitrogens with one attached hydrogen (secondary N) is 2. The number of benzene rings is 1. The van der Waals surface area contributed by atoms with E-state index >= 15 is 0 Å². The minimum absolute atomic E-state index is 0.0226. The van der Waals surface area contributed by atoms with Crippen molar-refractivity contribution in [1.82, 2.24) is 15.5 Å². The van der Waals surface area contributed by atoms with Crippen molar-refractivity contribution >= 4 is 17.8 Å².